The number of carbonyl (C=O) groups is 1. The van der Waals surface area contributed by atoms with Gasteiger partial charge in [-0.1, -0.05) is 6.58 Å². The van der Waals surface area contributed by atoms with Gasteiger partial charge in [-0.3, -0.25) is 4.79 Å². The number of carbonyl (C=O) groups excluding carboxylic acids is 1. The van der Waals surface area contributed by atoms with Gasteiger partial charge in [-0.15, -0.1) is 0 Å². The van der Waals surface area contributed by atoms with Gasteiger partial charge in [0.15, 0.2) is 0 Å². The van der Waals surface area contributed by atoms with Gasteiger partial charge in [0, 0.05) is 0 Å². The summed E-state index contributed by atoms with van der Waals surface area (Å²) in [5.74, 6) is -0.192. The second kappa shape index (κ2) is 1.43. The molecule has 3 nitrogen and oxygen atoms in total. The molecule has 1 aliphatic heterocycles. The van der Waals surface area contributed by atoms with Crippen molar-refractivity contribution in [1.29, 1.82) is 0 Å². The fourth-order valence-electron chi connectivity index (χ4n) is 0.434. The molecule has 8 heavy (non-hydrogen) atoms. The van der Waals surface area contributed by atoms with Crippen LogP contribution >= 0.6 is 0 Å². The number of hydrogen-bond donors (Lipinski definition) is 1. The number of nitrogens with zero attached hydrogens (tertiary/aromatic N) is 1. The van der Waals surface area contributed by atoms with Crippen molar-refractivity contribution in [1.82, 2.24) is 5.43 Å². The highest BCUT2D eigenvalue weighted by atomic mass is 16.2. The van der Waals surface area contributed by atoms with Crippen LogP contribution in [0.4, 0.5) is 0 Å². The third-order valence-electron chi connectivity index (χ3n) is 1.04. The predicted octanol–water partition coefficient (Wildman–Crippen LogP) is 0.0483. The highest BCUT2D eigenvalue weighted by molar-refractivity contribution is 6.23. The zero-order chi connectivity index (χ0) is 6.15. The van der Waals surface area contributed by atoms with Crippen LogP contribution in [0, 0.1) is 0 Å². The van der Waals surface area contributed by atoms with Crippen molar-refractivity contribution < 1.29 is 4.79 Å². The molecule has 3 heteroatoms. The van der Waals surface area contributed by atoms with Crippen molar-refractivity contribution in [2.24, 2.45) is 5.10 Å². The first-order valence-electron chi connectivity index (χ1n) is 2.25. The Bertz CT molecular complexity index is 181. The minimum absolute atomic E-state index is 0.192. The van der Waals surface area contributed by atoms with Gasteiger partial charge in [-0.2, -0.15) is 5.10 Å². The van der Waals surface area contributed by atoms with Crippen LogP contribution in [0.1, 0.15) is 6.92 Å². The minimum Gasteiger partial charge on any atom is -0.267 e. The van der Waals surface area contributed by atoms with Gasteiger partial charge in [-0.05, 0) is 6.92 Å². The van der Waals surface area contributed by atoms with Crippen LogP contribution in [0.15, 0.2) is 17.3 Å². The quantitative estimate of drug-likeness (QED) is 0.440. The van der Waals surface area contributed by atoms with Gasteiger partial charge < -0.3 is 0 Å². The fraction of sp³-hybridized carbons (Fsp3) is 0.200. The molecule has 0 fully saturated rings. The molecule has 0 unspecified atom stereocenters. The first kappa shape index (κ1) is 5.03. The largest absolute Gasteiger partial charge is 0.272 e. The Balaban J connectivity index is 2.89. The van der Waals surface area contributed by atoms with Gasteiger partial charge in [0.1, 0.15) is 0 Å². The molecule has 0 bridgehead atoms. The Morgan fingerprint density at radius 1 is 1.75 bits per heavy atom. The normalized spacial score (nSPS) is 18.4. The summed E-state index contributed by atoms with van der Waals surface area (Å²) in [6, 6.07) is 0. The van der Waals surface area contributed by atoms with E-state index in [9.17, 15) is 4.79 Å². The maximum atomic E-state index is 10.5. The Morgan fingerprint density at radius 2 is 2.38 bits per heavy atom. The molecular weight excluding hydrogens is 104 g/mol. The lowest BCUT2D eigenvalue weighted by Crippen LogP contribution is -2.11. The third kappa shape index (κ3) is 0.521. The first-order valence-corrected chi connectivity index (χ1v) is 2.25. The number of nitrogens with one attached hydrogen (secondary N) is 1. The van der Waals surface area contributed by atoms with Crippen LogP contribution in [0.5, 0.6) is 0 Å². The molecule has 1 N–H and O–H groups in total. The van der Waals surface area contributed by atoms with Gasteiger partial charge in [0.05, 0.1) is 11.3 Å². The third-order valence-corrected chi connectivity index (χ3v) is 1.04. The van der Waals surface area contributed by atoms with Crippen molar-refractivity contribution in [2.75, 3.05) is 0 Å². The average molecular weight is 110 g/mol. The predicted molar refractivity (Wildman–Crippen MR) is 30.4 cm³/mol. The van der Waals surface area contributed by atoms with E-state index < -0.39 is 0 Å². The molecule has 0 aromatic rings. The zero-order valence-electron chi connectivity index (χ0n) is 4.56. The van der Waals surface area contributed by atoms with Crippen molar-refractivity contribution in [3.05, 3.63) is 12.2 Å². The SMILES string of the molecule is C=C1C(=O)NN=C1C. The topological polar surface area (TPSA) is 41.5 Å². The maximum Gasteiger partial charge on any atom is 0.272 e. The summed E-state index contributed by atoms with van der Waals surface area (Å²) >= 11 is 0. The fourth-order valence-corrected chi connectivity index (χ4v) is 0.434. The number of hydrazone groups is 1. The van der Waals surface area contributed by atoms with Gasteiger partial charge in [-0.25, -0.2) is 5.43 Å². The highest BCUT2D eigenvalue weighted by Gasteiger charge is 2.14. The molecular formula is C5H6N2O. The maximum absolute atomic E-state index is 10.5. The molecule has 0 radical (unpaired) electrons. The lowest BCUT2D eigenvalue weighted by atomic mass is 10.2. The van der Waals surface area contributed by atoms with Gasteiger partial charge in [0.25, 0.3) is 5.91 Å². The molecule has 1 aliphatic rings. The second-order valence-corrected chi connectivity index (χ2v) is 1.62. The summed E-state index contributed by atoms with van der Waals surface area (Å²) in [7, 11) is 0. The Kier molecular flexibility index (Phi) is 0.901. The van der Waals surface area contributed by atoms with E-state index in [1.807, 2.05) is 0 Å². The molecule has 0 aromatic heterocycles. The summed E-state index contributed by atoms with van der Waals surface area (Å²) in [5.41, 5.74) is 3.41. The van der Waals surface area contributed by atoms with E-state index in [4.69, 9.17) is 0 Å². The lowest BCUT2D eigenvalue weighted by molar-refractivity contribution is -0.116. The van der Waals surface area contributed by atoms with Crippen LogP contribution in [0.3, 0.4) is 0 Å². The van der Waals surface area contributed by atoms with E-state index in [2.05, 4.69) is 17.1 Å². The summed E-state index contributed by atoms with van der Waals surface area (Å²) in [6.45, 7) is 5.21. The molecule has 1 rings (SSSR count). The van der Waals surface area contributed by atoms with Crippen LogP contribution in [-0.4, -0.2) is 11.6 Å². The highest BCUT2D eigenvalue weighted by Crippen LogP contribution is 1.99. The van der Waals surface area contributed by atoms with E-state index in [1.54, 1.807) is 6.92 Å². The van der Waals surface area contributed by atoms with Crippen LogP contribution in [0.2, 0.25) is 0 Å². The molecule has 1 amide bonds. The van der Waals surface area contributed by atoms with Crippen LogP contribution in [-0.2, 0) is 4.79 Å². The molecule has 0 spiro atoms. The number of rotatable bonds is 0. The molecule has 1 heterocycles. The van der Waals surface area contributed by atoms with Crippen molar-refractivity contribution in [2.45, 2.75) is 6.92 Å². The molecule has 0 saturated heterocycles. The van der Waals surface area contributed by atoms with E-state index >= 15 is 0 Å². The number of hydrogen-bond acceptors (Lipinski definition) is 2. The van der Waals surface area contributed by atoms with Crippen molar-refractivity contribution in [3.63, 3.8) is 0 Å². The summed E-state index contributed by atoms with van der Waals surface area (Å²) in [4.78, 5) is 10.5. The van der Waals surface area contributed by atoms with Crippen LogP contribution in [0.25, 0.3) is 0 Å². The number of amides is 1. The monoisotopic (exact) mass is 110 g/mol. The smallest absolute Gasteiger partial charge is 0.267 e. The van der Waals surface area contributed by atoms with E-state index in [0.29, 0.717) is 11.3 Å². The van der Waals surface area contributed by atoms with E-state index in [-0.39, 0.29) is 5.91 Å². The van der Waals surface area contributed by atoms with E-state index in [1.165, 1.54) is 0 Å². The molecule has 0 aromatic carbocycles. The molecule has 0 atom stereocenters. The van der Waals surface area contributed by atoms with Crippen LogP contribution < -0.4 is 5.43 Å². The van der Waals surface area contributed by atoms with E-state index in [0.717, 1.165) is 0 Å². The Hall–Kier alpha value is -1.12. The molecule has 0 aliphatic carbocycles. The van der Waals surface area contributed by atoms with Crippen molar-refractivity contribution in [3.8, 4) is 0 Å². The van der Waals surface area contributed by atoms with Gasteiger partial charge >= 0.3 is 0 Å². The lowest BCUT2D eigenvalue weighted by Gasteiger charge is -1.83. The summed E-state index contributed by atoms with van der Waals surface area (Å²) in [6.07, 6.45) is 0. The average Bonchev–Trinajstić information content (AvgIpc) is 1.98. The Labute approximate surface area is 47.1 Å². The Morgan fingerprint density at radius 3 is 2.50 bits per heavy atom. The molecule has 0 saturated carbocycles. The first-order chi connectivity index (χ1) is 3.72. The minimum atomic E-state index is -0.192. The zero-order valence-corrected chi connectivity index (χ0v) is 4.56. The summed E-state index contributed by atoms with van der Waals surface area (Å²) in [5, 5.41) is 3.62. The summed E-state index contributed by atoms with van der Waals surface area (Å²) < 4.78 is 0. The standard InChI is InChI=1S/C5H6N2O/c1-3-4(2)6-7-5(3)8/h1H2,2H3,(H,7,8). The molecule has 42 valence electrons. The van der Waals surface area contributed by atoms with Crippen molar-refractivity contribution >= 4 is 11.6 Å². The van der Waals surface area contributed by atoms with Gasteiger partial charge in [0.2, 0.25) is 0 Å². The second-order valence-electron chi connectivity index (χ2n) is 1.62.